The molecule has 1 aromatic heterocycles. The highest BCUT2D eigenvalue weighted by Crippen LogP contribution is 2.23. The van der Waals surface area contributed by atoms with Gasteiger partial charge in [-0.05, 0) is 34.5 Å². The van der Waals surface area contributed by atoms with Crippen LogP contribution in [0.15, 0.2) is 15.9 Å². The summed E-state index contributed by atoms with van der Waals surface area (Å²) in [6.45, 7) is 6.88. The van der Waals surface area contributed by atoms with E-state index in [0.717, 1.165) is 13.1 Å². The lowest BCUT2D eigenvalue weighted by atomic mass is 10.1. The minimum atomic E-state index is 0.696. The summed E-state index contributed by atoms with van der Waals surface area (Å²) in [5.41, 5.74) is 0. The Morgan fingerprint density at radius 1 is 1.56 bits per heavy atom. The standard InChI is InChI=1S/C12H19BrN2S/c1-2-3-10-8-15(7-6-14-10)9-11-4-5-12(13)16-11/h4-5,10,14H,2-3,6-9H2,1H3. The average molecular weight is 303 g/mol. The van der Waals surface area contributed by atoms with Crippen molar-refractivity contribution in [1.29, 1.82) is 0 Å². The number of rotatable bonds is 4. The van der Waals surface area contributed by atoms with Crippen molar-refractivity contribution in [3.8, 4) is 0 Å². The molecule has 0 bridgehead atoms. The summed E-state index contributed by atoms with van der Waals surface area (Å²) in [5.74, 6) is 0. The van der Waals surface area contributed by atoms with Gasteiger partial charge in [-0.2, -0.15) is 0 Å². The number of nitrogens with one attached hydrogen (secondary N) is 1. The summed E-state index contributed by atoms with van der Waals surface area (Å²) in [6.07, 6.45) is 2.57. The lowest BCUT2D eigenvalue weighted by molar-refractivity contribution is 0.188. The Bertz CT molecular complexity index is 325. The van der Waals surface area contributed by atoms with Gasteiger partial charge in [0, 0.05) is 37.1 Å². The minimum absolute atomic E-state index is 0.696. The summed E-state index contributed by atoms with van der Waals surface area (Å²) in [4.78, 5) is 4.03. The molecular formula is C12H19BrN2S. The van der Waals surface area contributed by atoms with Gasteiger partial charge in [-0.15, -0.1) is 11.3 Å². The van der Waals surface area contributed by atoms with Gasteiger partial charge in [-0.1, -0.05) is 13.3 Å². The molecule has 1 atom stereocenters. The first-order chi connectivity index (χ1) is 7.78. The molecule has 16 heavy (non-hydrogen) atoms. The molecule has 0 radical (unpaired) electrons. The second kappa shape index (κ2) is 6.15. The lowest BCUT2D eigenvalue weighted by Gasteiger charge is -2.33. The van der Waals surface area contributed by atoms with E-state index in [1.807, 2.05) is 11.3 Å². The molecule has 0 amide bonds. The van der Waals surface area contributed by atoms with Crippen LogP contribution in [0, 0.1) is 0 Å². The van der Waals surface area contributed by atoms with Crippen LogP contribution >= 0.6 is 27.3 Å². The molecule has 0 aromatic carbocycles. The van der Waals surface area contributed by atoms with Crippen LogP contribution in [-0.4, -0.2) is 30.6 Å². The zero-order valence-electron chi connectivity index (χ0n) is 9.71. The average Bonchev–Trinajstić information content (AvgIpc) is 2.65. The molecular weight excluding hydrogens is 284 g/mol. The Morgan fingerprint density at radius 2 is 2.44 bits per heavy atom. The third-order valence-electron chi connectivity index (χ3n) is 2.99. The van der Waals surface area contributed by atoms with Crippen molar-refractivity contribution in [2.75, 3.05) is 19.6 Å². The molecule has 1 unspecified atom stereocenters. The maximum absolute atomic E-state index is 3.59. The molecule has 1 aromatic rings. The number of nitrogens with zero attached hydrogens (tertiary/aromatic N) is 1. The number of hydrogen-bond donors (Lipinski definition) is 1. The van der Waals surface area contributed by atoms with E-state index in [1.54, 1.807) is 0 Å². The maximum Gasteiger partial charge on any atom is 0.0701 e. The quantitative estimate of drug-likeness (QED) is 0.919. The summed E-state index contributed by atoms with van der Waals surface area (Å²) in [5, 5.41) is 3.59. The van der Waals surface area contributed by atoms with Crippen molar-refractivity contribution in [3.63, 3.8) is 0 Å². The third kappa shape index (κ3) is 3.55. The van der Waals surface area contributed by atoms with Gasteiger partial charge >= 0.3 is 0 Å². The number of thiophene rings is 1. The summed E-state index contributed by atoms with van der Waals surface area (Å²) in [6, 6.07) is 5.07. The zero-order valence-corrected chi connectivity index (χ0v) is 12.1. The van der Waals surface area contributed by atoms with E-state index in [-0.39, 0.29) is 0 Å². The molecule has 2 nitrogen and oxygen atoms in total. The molecule has 1 aliphatic rings. The van der Waals surface area contributed by atoms with E-state index in [0.29, 0.717) is 6.04 Å². The van der Waals surface area contributed by atoms with E-state index in [4.69, 9.17) is 0 Å². The smallest absolute Gasteiger partial charge is 0.0701 e. The van der Waals surface area contributed by atoms with Gasteiger partial charge in [0.1, 0.15) is 0 Å². The molecule has 1 saturated heterocycles. The van der Waals surface area contributed by atoms with Crippen LogP contribution in [0.4, 0.5) is 0 Å². The largest absolute Gasteiger partial charge is 0.311 e. The normalized spacial score (nSPS) is 22.5. The Hall–Kier alpha value is 0.1000. The van der Waals surface area contributed by atoms with Crippen molar-refractivity contribution in [1.82, 2.24) is 10.2 Å². The fourth-order valence-electron chi connectivity index (χ4n) is 2.24. The minimum Gasteiger partial charge on any atom is -0.311 e. The molecule has 0 aliphatic carbocycles. The van der Waals surface area contributed by atoms with Crippen LogP contribution in [0.2, 0.25) is 0 Å². The monoisotopic (exact) mass is 302 g/mol. The van der Waals surface area contributed by atoms with Crippen molar-refractivity contribution < 1.29 is 0 Å². The second-order valence-electron chi connectivity index (χ2n) is 4.38. The predicted octanol–water partition coefficient (Wildman–Crippen LogP) is 3.08. The van der Waals surface area contributed by atoms with E-state index in [9.17, 15) is 0 Å². The highest BCUT2D eigenvalue weighted by Gasteiger charge is 2.18. The molecule has 2 rings (SSSR count). The van der Waals surface area contributed by atoms with Crippen LogP contribution in [0.5, 0.6) is 0 Å². The number of piperazine rings is 1. The summed E-state index contributed by atoms with van der Waals surface area (Å²) >= 11 is 5.37. The topological polar surface area (TPSA) is 15.3 Å². The van der Waals surface area contributed by atoms with Crippen molar-refractivity contribution >= 4 is 27.3 Å². The molecule has 2 heterocycles. The molecule has 0 saturated carbocycles. The van der Waals surface area contributed by atoms with Gasteiger partial charge in [0.25, 0.3) is 0 Å². The highest BCUT2D eigenvalue weighted by molar-refractivity contribution is 9.11. The summed E-state index contributed by atoms with van der Waals surface area (Å²) < 4.78 is 1.24. The van der Waals surface area contributed by atoms with Crippen LogP contribution in [0.1, 0.15) is 24.6 Å². The Balaban J connectivity index is 1.85. The Morgan fingerprint density at radius 3 is 3.12 bits per heavy atom. The summed E-state index contributed by atoms with van der Waals surface area (Å²) in [7, 11) is 0. The van der Waals surface area contributed by atoms with Gasteiger partial charge in [-0.25, -0.2) is 0 Å². The van der Waals surface area contributed by atoms with E-state index in [1.165, 1.54) is 34.6 Å². The van der Waals surface area contributed by atoms with Crippen molar-refractivity contribution in [2.24, 2.45) is 0 Å². The Kier molecular flexibility index (Phi) is 4.82. The van der Waals surface area contributed by atoms with Crippen LogP contribution in [-0.2, 0) is 6.54 Å². The molecule has 0 spiro atoms. The van der Waals surface area contributed by atoms with E-state index < -0.39 is 0 Å². The third-order valence-corrected chi connectivity index (χ3v) is 4.59. The van der Waals surface area contributed by atoms with Crippen molar-refractivity contribution in [3.05, 3.63) is 20.8 Å². The highest BCUT2D eigenvalue weighted by atomic mass is 79.9. The molecule has 1 fully saturated rings. The SMILES string of the molecule is CCCC1CN(Cc2ccc(Br)s2)CCN1. The van der Waals surface area contributed by atoms with Crippen LogP contribution in [0.3, 0.4) is 0 Å². The first-order valence-corrected chi connectivity index (χ1v) is 7.59. The molecule has 1 aliphatic heterocycles. The predicted molar refractivity (Wildman–Crippen MR) is 74.0 cm³/mol. The first-order valence-electron chi connectivity index (χ1n) is 5.98. The van der Waals surface area contributed by atoms with Gasteiger partial charge in [0.15, 0.2) is 0 Å². The molecule has 90 valence electrons. The lowest BCUT2D eigenvalue weighted by Crippen LogP contribution is -2.49. The van der Waals surface area contributed by atoms with Crippen LogP contribution in [0.25, 0.3) is 0 Å². The van der Waals surface area contributed by atoms with E-state index in [2.05, 4.69) is 45.2 Å². The fraction of sp³-hybridized carbons (Fsp3) is 0.667. The maximum atomic E-state index is 3.59. The first kappa shape index (κ1) is 12.6. The van der Waals surface area contributed by atoms with Gasteiger partial charge in [-0.3, -0.25) is 4.90 Å². The van der Waals surface area contributed by atoms with Crippen LogP contribution < -0.4 is 5.32 Å². The molecule has 4 heteroatoms. The second-order valence-corrected chi connectivity index (χ2v) is 6.93. The van der Waals surface area contributed by atoms with Gasteiger partial charge < -0.3 is 5.32 Å². The Labute approximate surface area is 110 Å². The zero-order chi connectivity index (χ0) is 11.4. The number of halogens is 1. The van der Waals surface area contributed by atoms with Gasteiger partial charge in [0.2, 0.25) is 0 Å². The molecule has 1 N–H and O–H groups in total. The fourth-order valence-corrected chi connectivity index (χ4v) is 3.76. The van der Waals surface area contributed by atoms with Crippen molar-refractivity contribution in [2.45, 2.75) is 32.4 Å². The number of hydrogen-bond acceptors (Lipinski definition) is 3. The van der Waals surface area contributed by atoms with Gasteiger partial charge in [0.05, 0.1) is 3.79 Å². The van der Waals surface area contributed by atoms with E-state index >= 15 is 0 Å².